The van der Waals surface area contributed by atoms with Crippen LogP contribution in [0.3, 0.4) is 0 Å². The lowest BCUT2D eigenvalue weighted by molar-refractivity contribution is 0.0748. The zero-order chi connectivity index (χ0) is 14.8. The summed E-state index contributed by atoms with van der Waals surface area (Å²) in [5, 5.41) is 17.4. The van der Waals surface area contributed by atoms with Crippen LogP contribution in [-0.4, -0.2) is 52.3 Å². The maximum Gasteiger partial charge on any atom is 0.272 e. The molecule has 1 amide bonds. The van der Waals surface area contributed by atoms with Gasteiger partial charge in [0.05, 0.1) is 6.61 Å². The van der Waals surface area contributed by atoms with E-state index >= 15 is 0 Å². The minimum atomic E-state index is -0.143. The van der Waals surface area contributed by atoms with Gasteiger partial charge in [0.15, 0.2) is 0 Å². The van der Waals surface area contributed by atoms with E-state index in [1.165, 1.54) is 0 Å². The minimum absolute atomic E-state index is 0.0350. The van der Waals surface area contributed by atoms with Crippen molar-refractivity contribution in [1.82, 2.24) is 9.88 Å². The molecule has 5 nitrogen and oxygen atoms in total. The maximum atomic E-state index is 12.2. The number of aliphatic hydroxyl groups excluding tert-OH is 2. The number of nitrogens with zero attached hydrogens (tertiary/aromatic N) is 2. The number of aromatic nitrogens is 1. The molecular weight excluding hydrogens is 256 g/mol. The Morgan fingerprint density at radius 1 is 1.35 bits per heavy atom. The summed E-state index contributed by atoms with van der Waals surface area (Å²) in [4.78, 5) is 17.9. The molecule has 0 fully saturated rings. The summed E-state index contributed by atoms with van der Waals surface area (Å²) in [6.07, 6.45) is 2.53. The van der Waals surface area contributed by atoms with Gasteiger partial charge in [0.1, 0.15) is 5.69 Å². The second kappa shape index (κ2) is 9.08. The Morgan fingerprint density at radius 2 is 2.15 bits per heavy atom. The first-order valence-corrected chi connectivity index (χ1v) is 6.68. The molecule has 20 heavy (non-hydrogen) atoms. The molecule has 1 aromatic heterocycles. The summed E-state index contributed by atoms with van der Waals surface area (Å²) in [6.45, 7) is 3.10. The van der Waals surface area contributed by atoms with Crippen LogP contribution in [0.1, 0.15) is 35.8 Å². The lowest BCUT2D eigenvalue weighted by atomic mass is 10.2. The lowest BCUT2D eigenvalue weighted by Gasteiger charge is -2.19. The van der Waals surface area contributed by atoms with Crippen molar-refractivity contribution in [1.29, 1.82) is 0 Å². The Labute approximate surface area is 119 Å². The standard InChI is InChI=1S/C15H20N2O3/c1-2-17(9-5-11-19)15(20)14-8-7-13(12-16-14)6-3-4-10-18/h7-8,12,18-19H,2,4-5,9-11H2,1H3. The van der Waals surface area contributed by atoms with Crippen LogP contribution in [0.5, 0.6) is 0 Å². The van der Waals surface area contributed by atoms with Crippen molar-refractivity contribution < 1.29 is 15.0 Å². The van der Waals surface area contributed by atoms with Gasteiger partial charge in [-0.2, -0.15) is 0 Å². The second-order valence-corrected chi connectivity index (χ2v) is 4.17. The molecule has 0 saturated carbocycles. The highest BCUT2D eigenvalue weighted by atomic mass is 16.3. The molecular formula is C15H20N2O3. The number of carbonyl (C=O) groups excluding carboxylic acids is 1. The number of carbonyl (C=O) groups is 1. The van der Waals surface area contributed by atoms with Crippen LogP contribution in [0.4, 0.5) is 0 Å². The van der Waals surface area contributed by atoms with E-state index in [1.54, 1.807) is 23.2 Å². The SMILES string of the molecule is CCN(CCCO)C(=O)c1ccc(C#CCCO)cn1. The summed E-state index contributed by atoms with van der Waals surface area (Å²) < 4.78 is 0. The average Bonchev–Trinajstić information content (AvgIpc) is 2.49. The topological polar surface area (TPSA) is 73.7 Å². The first kappa shape index (κ1) is 16.2. The Morgan fingerprint density at radius 3 is 2.70 bits per heavy atom. The van der Waals surface area contributed by atoms with Crippen LogP contribution in [0.2, 0.25) is 0 Å². The van der Waals surface area contributed by atoms with Crippen molar-refractivity contribution in [2.75, 3.05) is 26.3 Å². The summed E-state index contributed by atoms with van der Waals surface area (Å²) >= 11 is 0. The van der Waals surface area contributed by atoms with Gasteiger partial charge >= 0.3 is 0 Å². The van der Waals surface area contributed by atoms with Gasteiger partial charge in [-0.1, -0.05) is 11.8 Å². The molecule has 0 atom stereocenters. The van der Waals surface area contributed by atoms with Gasteiger partial charge in [0, 0.05) is 37.9 Å². The number of rotatable bonds is 6. The van der Waals surface area contributed by atoms with Gasteiger partial charge in [-0.25, -0.2) is 4.98 Å². The Kier molecular flexibility index (Phi) is 7.33. The molecule has 1 aromatic rings. The molecule has 0 bridgehead atoms. The van der Waals surface area contributed by atoms with Crippen LogP contribution in [0.25, 0.3) is 0 Å². The van der Waals surface area contributed by atoms with Gasteiger partial charge in [-0.3, -0.25) is 4.79 Å². The van der Waals surface area contributed by atoms with E-state index < -0.39 is 0 Å². The molecule has 5 heteroatoms. The Hall–Kier alpha value is -1.90. The van der Waals surface area contributed by atoms with Crippen LogP contribution in [-0.2, 0) is 0 Å². The number of hydrogen-bond acceptors (Lipinski definition) is 4. The third kappa shape index (κ3) is 5.00. The van der Waals surface area contributed by atoms with Crippen molar-refractivity contribution in [2.24, 2.45) is 0 Å². The van der Waals surface area contributed by atoms with Gasteiger partial charge in [0.2, 0.25) is 0 Å². The molecule has 0 spiro atoms. The molecule has 0 aliphatic heterocycles. The number of hydrogen-bond donors (Lipinski definition) is 2. The van der Waals surface area contributed by atoms with E-state index in [4.69, 9.17) is 10.2 Å². The maximum absolute atomic E-state index is 12.2. The monoisotopic (exact) mass is 276 g/mol. The van der Waals surface area contributed by atoms with Gasteiger partial charge in [0.25, 0.3) is 5.91 Å². The van der Waals surface area contributed by atoms with Crippen LogP contribution < -0.4 is 0 Å². The van der Waals surface area contributed by atoms with E-state index in [-0.39, 0.29) is 19.1 Å². The molecule has 0 aromatic carbocycles. The lowest BCUT2D eigenvalue weighted by Crippen LogP contribution is -2.32. The highest BCUT2D eigenvalue weighted by Gasteiger charge is 2.14. The van der Waals surface area contributed by atoms with Crippen LogP contribution in [0.15, 0.2) is 18.3 Å². The predicted molar refractivity (Wildman–Crippen MR) is 76.1 cm³/mol. The molecule has 0 radical (unpaired) electrons. The second-order valence-electron chi connectivity index (χ2n) is 4.17. The Bertz CT molecular complexity index is 474. The molecule has 0 unspecified atom stereocenters. The fraction of sp³-hybridized carbons (Fsp3) is 0.467. The summed E-state index contributed by atoms with van der Waals surface area (Å²) in [5.74, 6) is 5.51. The van der Waals surface area contributed by atoms with Crippen LogP contribution in [0, 0.1) is 11.8 Å². The smallest absolute Gasteiger partial charge is 0.272 e. The molecule has 1 heterocycles. The van der Waals surface area contributed by atoms with E-state index in [2.05, 4.69) is 16.8 Å². The number of aliphatic hydroxyl groups is 2. The number of amides is 1. The van der Waals surface area contributed by atoms with Crippen molar-refractivity contribution in [3.8, 4) is 11.8 Å². The third-order valence-electron chi connectivity index (χ3n) is 2.71. The summed E-state index contributed by atoms with van der Waals surface area (Å²) in [6, 6.07) is 3.39. The van der Waals surface area contributed by atoms with Gasteiger partial charge in [-0.05, 0) is 25.5 Å². The largest absolute Gasteiger partial charge is 0.396 e. The van der Waals surface area contributed by atoms with Crippen molar-refractivity contribution in [3.05, 3.63) is 29.6 Å². The fourth-order valence-electron chi connectivity index (χ4n) is 1.64. The zero-order valence-corrected chi connectivity index (χ0v) is 11.7. The molecule has 2 N–H and O–H groups in total. The molecule has 108 valence electrons. The van der Waals surface area contributed by atoms with E-state index in [0.29, 0.717) is 37.2 Å². The number of pyridine rings is 1. The first-order chi connectivity index (χ1) is 9.72. The fourth-order valence-corrected chi connectivity index (χ4v) is 1.64. The summed E-state index contributed by atoms with van der Waals surface area (Å²) in [5.41, 5.74) is 1.09. The highest BCUT2D eigenvalue weighted by Crippen LogP contribution is 2.04. The van der Waals surface area contributed by atoms with Gasteiger partial charge in [-0.15, -0.1) is 0 Å². The molecule has 0 saturated heterocycles. The van der Waals surface area contributed by atoms with Crippen molar-refractivity contribution in [3.63, 3.8) is 0 Å². The van der Waals surface area contributed by atoms with E-state index in [9.17, 15) is 4.79 Å². The average molecular weight is 276 g/mol. The zero-order valence-electron chi connectivity index (χ0n) is 11.7. The van der Waals surface area contributed by atoms with Crippen molar-refractivity contribution >= 4 is 5.91 Å². The third-order valence-corrected chi connectivity index (χ3v) is 2.71. The normalized spacial score (nSPS) is 9.75. The molecule has 0 aliphatic rings. The highest BCUT2D eigenvalue weighted by molar-refractivity contribution is 5.92. The molecule has 0 aliphatic carbocycles. The minimum Gasteiger partial charge on any atom is -0.396 e. The van der Waals surface area contributed by atoms with Crippen molar-refractivity contribution in [2.45, 2.75) is 19.8 Å². The van der Waals surface area contributed by atoms with E-state index in [0.717, 1.165) is 0 Å². The van der Waals surface area contributed by atoms with Crippen LogP contribution >= 0.6 is 0 Å². The first-order valence-electron chi connectivity index (χ1n) is 6.68. The summed E-state index contributed by atoms with van der Waals surface area (Å²) in [7, 11) is 0. The van der Waals surface area contributed by atoms with Gasteiger partial charge < -0.3 is 15.1 Å². The quantitative estimate of drug-likeness (QED) is 0.749. The predicted octanol–water partition coefficient (Wildman–Crippen LogP) is 0.660. The van der Waals surface area contributed by atoms with E-state index in [1.807, 2.05) is 6.92 Å². The Balaban J connectivity index is 2.72. The molecule has 1 rings (SSSR count).